The van der Waals surface area contributed by atoms with Crippen LogP contribution in [-0.2, 0) is 4.79 Å². The van der Waals surface area contributed by atoms with Crippen molar-refractivity contribution in [1.82, 2.24) is 0 Å². The quantitative estimate of drug-likeness (QED) is 0.505. The van der Waals surface area contributed by atoms with Gasteiger partial charge in [-0.25, -0.2) is 0 Å². The van der Waals surface area contributed by atoms with Crippen molar-refractivity contribution < 1.29 is 4.79 Å². The number of Topliss-reactive ketones (excluding diaryl/α,β-unsaturated/α-hetero) is 1. The van der Waals surface area contributed by atoms with Crippen molar-refractivity contribution in [3.63, 3.8) is 0 Å². The van der Waals surface area contributed by atoms with Gasteiger partial charge in [0.25, 0.3) is 0 Å². The average molecular weight is 218 g/mol. The van der Waals surface area contributed by atoms with Crippen LogP contribution >= 0.6 is 0 Å². The molecule has 3 aliphatic rings. The molecule has 0 spiro atoms. The summed E-state index contributed by atoms with van der Waals surface area (Å²) in [6.07, 6.45) is 9.07. The number of rotatable bonds is 5. The smallest absolute Gasteiger partial charge is 0.158 e. The van der Waals surface area contributed by atoms with Gasteiger partial charge in [0.05, 0.1) is 0 Å². The van der Waals surface area contributed by atoms with Crippen LogP contribution in [0.5, 0.6) is 0 Å². The Kier molecular flexibility index (Phi) is 3.05. The molecule has 1 heteroatoms. The molecule has 2 atom stereocenters. The van der Waals surface area contributed by atoms with Crippen LogP contribution in [0.1, 0.15) is 46.0 Å². The predicted molar refractivity (Wildman–Crippen MR) is 67.1 cm³/mol. The first-order chi connectivity index (χ1) is 7.57. The third-order valence-corrected chi connectivity index (χ3v) is 4.60. The van der Waals surface area contributed by atoms with Gasteiger partial charge >= 0.3 is 0 Å². The van der Waals surface area contributed by atoms with E-state index in [0.29, 0.717) is 23.5 Å². The molecule has 1 saturated carbocycles. The van der Waals surface area contributed by atoms with Crippen molar-refractivity contribution in [2.45, 2.75) is 46.0 Å². The van der Waals surface area contributed by atoms with Gasteiger partial charge < -0.3 is 0 Å². The highest BCUT2D eigenvalue weighted by molar-refractivity contribution is 5.96. The summed E-state index contributed by atoms with van der Waals surface area (Å²) in [4.78, 5) is 12.1. The summed E-state index contributed by atoms with van der Waals surface area (Å²) in [5, 5.41) is 0. The average Bonchev–Trinajstić information content (AvgIpc) is 2.29. The maximum absolute atomic E-state index is 12.1. The third-order valence-electron chi connectivity index (χ3n) is 4.60. The molecule has 16 heavy (non-hydrogen) atoms. The maximum Gasteiger partial charge on any atom is 0.158 e. The molecule has 0 amide bonds. The highest BCUT2D eigenvalue weighted by Crippen LogP contribution is 2.59. The number of ketones is 1. The Balaban J connectivity index is 1.97. The number of carbonyl (C=O) groups is 1. The van der Waals surface area contributed by atoms with Crippen molar-refractivity contribution in [2.75, 3.05) is 0 Å². The van der Waals surface area contributed by atoms with Crippen molar-refractivity contribution >= 4 is 5.78 Å². The van der Waals surface area contributed by atoms with Gasteiger partial charge in [-0.05, 0) is 48.5 Å². The van der Waals surface area contributed by atoms with E-state index in [4.69, 9.17) is 0 Å². The van der Waals surface area contributed by atoms with E-state index < -0.39 is 0 Å². The van der Waals surface area contributed by atoms with E-state index in [9.17, 15) is 4.79 Å². The second kappa shape index (κ2) is 4.20. The Morgan fingerprint density at radius 2 is 2.38 bits per heavy atom. The Hall–Kier alpha value is -0.850. The summed E-state index contributed by atoms with van der Waals surface area (Å²) in [7, 11) is 0. The van der Waals surface area contributed by atoms with Crippen LogP contribution in [0.15, 0.2) is 24.3 Å². The number of fused-ring (bicyclic) bond motifs is 1. The lowest BCUT2D eigenvalue weighted by atomic mass is 9.48. The topological polar surface area (TPSA) is 17.1 Å². The fourth-order valence-corrected chi connectivity index (χ4v) is 3.21. The molecule has 0 aliphatic heterocycles. The van der Waals surface area contributed by atoms with Crippen LogP contribution in [0.3, 0.4) is 0 Å². The van der Waals surface area contributed by atoms with Gasteiger partial charge in [-0.2, -0.15) is 0 Å². The van der Waals surface area contributed by atoms with Gasteiger partial charge in [-0.15, -0.1) is 6.58 Å². The lowest BCUT2D eigenvalue weighted by Gasteiger charge is -2.56. The van der Waals surface area contributed by atoms with E-state index >= 15 is 0 Å². The Bertz CT molecular complexity index is 335. The molecule has 0 aromatic carbocycles. The Morgan fingerprint density at radius 1 is 1.62 bits per heavy atom. The minimum Gasteiger partial charge on any atom is -0.295 e. The molecule has 3 aliphatic carbocycles. The van der Waals surface area contributed by atoms with Crippen LogP contribution in [0.2, 0.25) is 0 Å². The molecule has 3 rings (SSSR count). The molecule has 0 aromatic rings. The molecule has 0 aromatic heterocycles. The molecular formula is C15H22O. The van der Waals surface area contributed by atoms with Gasteiger partial charge in [-0.3, -0.25) is 4.79 Å². The van der Waals surface area contributed by atoms with Gasteiger partial charge in [0.1, 0.15) is 0 Å². The minimum absolute atomic E-state index is 0.373. The Morgan fingerprint density at radius 3 is 2.94 bits per heavy atom. The van der Waals surface area contributed by atoms with Crippen molar-refractivity contribution in [2.24, 2.45) is 17.3 Å². The minimum atomic E-state index is 0.373. The number of unbranched alkanes of at least 4 members (excludes halogenated alkanes) is 1. The lowest BCUT2D eigenvalue weighted by Crippen LogP contribution is -2.49. The van der Waals surface area contributed by atoms with Crippen LogP contribution in [-0.4, -0.2) is 5.78 Å². The van der Waals surface area contributed by atoms with Gasteiger partial charge in [-0.1, -0.05) is 26.0 Å². The zero-order valence-corrected chi connectivity index (χ0v) is 10.5. The first-order valence-electron chi connectivity index (χ1n) is 6.41. The highest BCUT2D eigenvalue weighted by atomic mass is 16.1. The summed E-state index contributed by atoms with van der Waals surface area (Å²) < 4.78 is 0. The zero-order valence-electron chi connectivity index (χ0n) is 10.5. The van der Waals surface area contributed by atoms with E-state index in [-0.39, 0.29) is 0 Å². The second-order valence-electron chi connectivity index (χ2n) is 5.81. The van der Waals surface area contributed by atoms with E-state index in [2.05, 4.69) is 26.5 Å². The van der Waals surface area contributed by atoms with Crippen LogP contribution in [0.25, 0.3) is 0 Å². The summed E-state index contributed by atoms with van der Waals surface area (Å²) in [5.41, 5.74) is 1.51. The van der Waals surface area contributed by atoms with Gasteiger partial charge in [0.15, 0.2) is 5.78 Å². The molecule has 2 bridgehead atoms. The standard InChI is InChI=1S/C15H22O/c1-4-5-6-7-14(16)12-9-8-11-10-13(12)15(11,2)3/h4,9,11,13H,1,5-8,10H2,2-3H3. The highest BCUT2D eigenvalue weighted by Gasteiger charge is 2.52. The van der Waals surface area contributed by atoms with Crippen LogP contribution in [0.4, 0.5) is 0 Å². The van der Waals surface area contributed by atoms with Crippen LogP contribution in [0, 0.1) is 17.3 Å². The molecule has 88 valence electrons. The predicted octanol–water partition coefficient (Wildman–Crippen LogP) is 3.90. The number of allylic oxidation sites excluding steroid dienone is 3. The van der Waals surface area contributed by atoms with E-state index in [0.717, 1.165) is 30.8 Å². The number of hydrogen-bond acceptors (Lipinski definition) is 1. The number of hydrogen-bond donors (Lipinski definition) is 0. The van der Waals surface area contributed by atoms with Gasteiger partial charge in [0.2, 0.25) is 0 Å². The molecule has 2 unspecified atom stereocenters. The number of carbonyl (C=O) groups excluding carboxylic acids is 1. The SMILES string of the molecule is C=CCCCC(=O)C1=CCC2CC1C2(C)C. The molecule has 0 N–H and O–H groups in total. The summed E-state index contributed by atoms with van der Waals surface area (Å²) >= 11 is 0. The molecule has 1 nitrogen and oxygen atoms in total. The Labute approximate surface area is 98.6 Å². The molecule has 0 heterocycles. The molecular weight excluding hydrogens is 196 g/mol. The summed E-state index contributed by atoms with van der Waals surface area (Å²) in [6.45, 7) is 8.32. The monoisotopic (exact) mass is 218 g/mol. The molecule has 1 fully saturated rings. The normalized spacial score (nSPS) is 30.2. The second-order valence-corrected chi connectivity index (χ2v) is 5.81. The fourth-order valence-electron chi connectivity index (χ4n) is 3.21. The van der Waals surface area contributed by atoms with E-state index in [1.807, 2.05) is 6.08 Å². The van der Waals surface area contributed by atoms with E-state index in [1.54, 1.807) is 0 Å². The fraction of sp³-hybridized carbons (Fsp3) is 0.667. The van der Waals surface area contributed by atoms with Crippen molar-refractivity contribution in [3.05, 3.63) is 24.3 Å². The zero-order chi connectivity index (χ0) is 11.8. The van der Waals surface area contributed by atoms with Crippen molar-refractivity contribution in [3.8, 4) is 0 Å². The summed E-state index contributed by atoms with van der Waals surface area (Å²) in [6, 6.07) is 0. The lowest BCUT2D eigenvalue weighted by molar-refractivity contribution is -0.119. The molecule has 0 saturated heterocycles. The third kappa shape index (κ3) is 1.77. The molecule has 0 radical (unpaired) electrons. The van der Waals surface area contributed by atoms with Crippen molar-refractivity contribution in [1.29, 1.82) is 0 Å². The summed E-state index contributed by atoms with van der Waals surface area (Å²) in [5.74, 6) is 1.75. The first-order valence-corrected chi connectivity index (χ1v) is 6.41. The largest absolute Gasteiger partial charge is 0.295 e. The van der Waals surface area contributed by atoms with E-state index in [1.165, 1.54) is 6.42 Å². The maximum atomic E-state index is 12.1. The first kappa shape index (κ1) is 11.6. The van der Waals surface area contributed by atoms with Gasteiger partial charge in [0, 0.05) is 6.42 Å². The van der Waals surface area contributed by atoms with Crippen LogP contribution < -0.4 is 0 Å².